The molecule has 0 amide bonds. The molecule has 3 heteroatoms. The van der Waals surface area contributed by atoms with E-state index in [1.165, 1.54) is 10.9 Å². The van der Waals surface area contributed by atoms with E-state index in [-0.39, 0.29) is 11.7 Å². The highest BCUT2D eigenvalue weighted by molar-refractivity contribution is 9.10. The number of halogens is 1. The SMILES string of the molecule is CC(=O)CC(C)c1c[nH]c2ccc(Br)cc12. The van der Waals surface area contributed by atoms with E-state index in [0.717, 1.165) is 9.99 Å². The average Bonchev–Trinajstić information content (AvgIpc) is 2.59. The number of benzene rings is 1. The Hall–Kier alpha value is -1.09. The third kappa shape index (κ3) is 2.19. The molecule has 1 N–H and O–H groups in total. The molecule has 1 heterocycles. The van der Waals surface area contributed by atoms with E-state index in [1.54, 1.807) is 6.92 Å². The van der Waals surface area contributed by atoms with Crippen molar-refractivity contribution < 1.29 is 4.79 Å². The summed E-state index contributed by atoms with van der Waals surface area (Å²) in [6.45, 7) is 3.73. The van der Waals surface area contributed by atoms with E-state index in [1.807, 2.05) is 18.3 Å². The van der Waals surface area contributed by atoms with Gasteiger partial charge in [0.05, 0.1) is 0 Å². The summed E-state index contributed by atoms with van der Waals surface area (Å²) in [6, 6.07) is 6.15. The fourth-order valence-electron chi connectivity index (χ4n) is 2.06. The van der Waals surface area contributed by atoms with Gasteiger partial charge < -0.3 is 9.78 Å². The van der Waals surface area contributed by atoms with Crippen molar-refractivity contribution >= 4 is 32.6 Å². The number of ketones is 1. The maximum Gasteiger partial charge on any atom is 0.130 e. The van der Waals surface area contributed by atoms with Crippen molar-refractivity contribution in [1.82, 2.24) is 4.98 Å². The molecule has 16 heavy (non-hydrogen) atoms. The zero-order chi connectivity index (χ0) is 11.7. The van der Waals surface area contributed by atoms with E-state index < -0.39 is 0 Å². The lowest BCUT2D eigenvalue weighted by Crippen LogP contribution is -1.99. The molecule has 1 atom stereocenters. The van der Waals surface area contributed by atoms with Gasteiger partial charge in [0.25, 0.3) is 0 Å². The van der Waals surface area contributed by atoms with E-state index in [4.69, 9.17) is 0 Å². The molecule has 0 fully saturated rings. The van der Waals surface area contributed by atoms with Crippen molar-refractivity contribution in [3.05, 3.63) is 34.4 Å². The predicted molar refractivity (Wildman–Crippen MR) is 69.7 cm³/mol. The summed E-state index contributed by atoms with van der Waals surface area (Å²) in [5.41, 5.74) is 2.33. The van der Waals surface area contributed by atoms with Crippen molar-refractivity contribution in [2.45, 2.75) is 26.2 Å². The standard InChI is InChI=1S/C13H14BrNO/c1-8(5-9(2)16)12-7-15-13-4-3-10(14)6-11(12)13/h3-4,6-8,15H,5H2,1-2H3. The van der Waals surface area contributed by atoms with Crippen LogP contribution in [0, 0.1) is 0 Å². The van der Waals surface area contributed by atoms with Gasteiger partial charge in [0.15, 0.2) is 0 Å². The lowest BCUT2D eigenvalue weighted by Gasteiger charge is -2.07. The molecular weight excluding hydrogens is 266 g/mol. The summed E-state index contributed by atoms with van der Waals surface area (Å²) in [5.74, 6) is 0.498. The number of rotatable bonds is 3. The van der Waals surface area contributed by atoms with Crippen LogP contribution in [0.1, 0.15) is 31.7 Å². The fourth-order valence-corrected chi connectivity index (χ4v) is 2.42. The lowest BCUT2D eigenvalue weighted by molar-refractivity contribution is -0.117. The van der Waals surface area contributed by atoms with Crippen LogP contribution in [0.15, 0.2) is 28.9 Å². The second kappa shape index (κ2) is 4.42. The Bertz CT molecular complexity index is 530. The van der Waals surface area contributed by atoms with Crippen LogP contribution in [0.5, 0.6) is 0 Å². The molecular formula is C13H14BrNO. The summed E-state index contributed by atoms with van der Waals surface area (Å²) >= 11 is 3.47. The Labute approximate surface area is 103 Å². The zero-order valence-corrected chi connectivity index (χ0v) is 11.0. The first kappa shape index (κ1) is 11.4. The van der Waals surface area contributed by atoms with Gasteiger partial charge in [0.1, 0.15) is 5.78 Å². The van der Waals surface area contributed by atoms with Gasteiger partial charge in [-0.2, -0.15) is 0 Å². The van der Waals surface area contributed by atoms with Gasteiger partial charge in [0.2, 0.25) is 0 Å². The Morgan fingerprint density at radius 2 is 2.25 bits per heavy atom. The third-order valence-electron chi connectivity index (χ3n) is 2.80. The molecule has 2 nitrogen and oxygen atoms in total. The predicted octanol–water partition coefficient (Wildman–Crippen LogP) is 4.01. The number of hydrogen-bond donors (Lipinski definition) is 1. The highest BCUT2D eigenvalue weighted by atomic mass is 79.9. The van der Waals surface area contributed by atoms with Gasteiger partial charge in [-0.15, -0.1) is 0 Å². The molecule has 84 valence electrons. The summed E-state index contributed by atoms with van der Waals surface area (Å²) in [5, 5.41) is 1.20. The van der Waals surface area contributed by atoms with Crippen molar-refractivity contribution in [1.29, 1.82) is 0 Å². The van der Waals surface area contributed by atoms with Crippen LogP contribution in [-0.4, -0.2) is 10.8 Å². The fraction of sp³-hybridized carbons (Fsp3) is 0.308. The number of H-pyrrole nitrogens is 1. The Morgan fingerprint density at radius 3 is 2.94 bits per heavy atom. The van der Waals surface area contributed by atoms with Crippen LogP contribution in [0.2, 0.25) is 0 Å². The number of Topliss-reactive ketones (excluding diaryl/α,β-unsaturated/α-hetero) is 1. The van der Waals surface area contributed by atoms with Gasteiger partial charge in [0, 0.05) is 28.0 Å². The third-order valence-corrected chi connectivity index (χ3v) is 3.29. The summed E-state index contributed by atoms with van der Waals surface area (Å²) in [6.07, 6.45) is 2.60. The largest absolute Gasteiger partial charge is 0.361 e. The molecule has 1 aromatic carbocycles. The highest BCUT2D eigenvalue weighted by Crippen LogP contribution is 2.29. The molecule has 0 spiro atoms. The average molecular weight is 280 g/mol. The maximum atomic E-state index is 11.1. The van der Waals surface area contributed by atoms with Crippen molar-refractivity contribution in [3.8, 4) is 0 Å². The van der Waals surface area contributed by atoms with E-state index in [2.05, 4.69) is 33.9 Å². The van der Waals surface area contributed by atoms with Crippen LogP contribution in [-0.2, 0) is 4.79 Å². The number of nitrogens with one attached hydrogen (secondary N) is 1. The van der Waals surface area contributed by atoms with Gasteiger partial charge in [-0.1, -0.05) is 22.9 Å². The Kier molecular flexibility index (Phi) is 3.15. The van der Waals surface area contributed by atoms with Crippen molar-refractivity contribution in [3.63, 3.8) is 0 Å². The van der Waals surface area contributed by atoms with Crippen LogP contribution >= 0.6 is 15.9 Å². The highest BCUT2D eigenvalue weighted by Gasteiger charge is 2.13. The van der Waals surface area contributed by atoms with Crippen molar-refractivity contribution in [2.75, 3.05) is 0 Å². The summed E-state index contributed by atoms with van der Waals surface area (Å²) < 4.78 is 1.07. The molecule has 2 rings (SSSR count). The summed E-state index contributed by atoms with van der Waals surface area (Å²) in [4.78, 5) is 14.4. The quantitative estimate of drug-likeness (QED) is 0.905. The molecule has 0 aliphatic carbocycles. The zero-order valence-electron chi connectivity index (χ0n) is 9.38. The van der Waals surface area contributed by atoms with Gasteiger partial charge in [-0.25, -0.2) is 0 Å². The van der Waals surface area contributed by atoms with Crippen LogP contribution in [0.25, 0.3) is 10.9 Å². The van der Waals surface area contributed by atoms with Crippen molar-refractivity contribution in [2.24, 2.45) is 0 Å². The summed E-state index contributed by atoms with van der Waals surface area (Å²) in [7, 11) is 0. The molecule has 1 unspecified atom stereocenters. The van der Waals surface area contributed by atoms with E-state index in [9.17, 15) is 4.79 Å². The van der Waals surface area contributed by atoms with Gasteiger partial charge in [-0.3, -0.25) is 0 Å². The molecule has 1 aromatic heterocycles. The molecule has 2 aromatic rings. The van der Waals surface area contributed by atoms with Crippen LogP contribution in [0.4, 0.5) is 0 Å². The first-order valence-corrected chi connectivity index (χ1v) is 6.13. The normalized spacial score (nSPS) is 12.9. The smallest absolute Gasteiger partial charge is 0.130 e. The monoisotopic (exact) mass is 279 g/mol. The van der Waals surface area contributed by atoms with E-state index in [0.29, 0.717) is 6.42 Å². The number of aromatic amines is 1. The van der Waals surface area contributed by atoms with Gasteiger partial charge in [-0.05, 0) is 36.6 Å². The number of carbonyl (C=O) groups is 1. The van der Waals surface area contributed by atoms with Crippen LogP contribution < -0.4 is 0 Å². The lowest BCUT2D eigenvalue weighted by atomic mass is 9.96. The number of fused-ring (bicyclic) bond motifs is 1. The van der Waals surface area contributed by atoms with E-state index >= 15 is 0 Å². The second-order valence-corrected chi connectivity index (χ2v) is 5.16. The minimum atomic E-state index is 0.233. The maximum absolute atomic E-state index is 11.1. The topological polar surface area (TPSA) is 32.9 Å². The number of aromatic nitrogens is 1. The Morgan fingerprint density at radius 1 is 1.50 bits per heavy atom. The molecule has 0 saturated carbocycles. The molecule has 0 aliphatic rings. The molecule has 0 bridgehead atoms. The molecule has 0 radical (unpaired) electrons. The first-order valence-electron chi connectivity index (χ1n) is 5.34. The van der Waals surface area contributed by atoms with Crippen LogP contribution in [0.3, 0.4) is 0 Å². The second-order valence-electron chi connectivity index (χ2n) is 4.24. The molecule has 0 aliphatic heterocycles. The Balaban J connectivity index is 2.44. The first-order chi connectivity index (χ1) is 7.58. The minimum Gasteiger partial charge on any atom is -0.361 e. The minimum absolute atomic E-state index is 0.233. The van der Waals surface area contributed by atoms with Gasteiger partial charge >= 0.3 is 0 Å². The number of hydrogen-bond acceptors (Lipinski definition) is 1. The molecule has 0 saturated heterocycles. The number of carbonyl (C=O) groups excluding carboxylic acids is 1.